The summed E-state index contributed by atoms with van der Waals surface area (Å²) in [7, 11) is 5.80. The van der Waals surface area contributed by atoms with Gasteiger partial charge in [0.15, 0.2) is 0 Å². The molecule has 0 bridgehead atoms. The maximum Gasteiger partial charge on any atom is 0.319 e. The lowest BCUT2D eigenvalue weighted by atomic mass is 10.1. The summed E-state index contributed by atoms with van der Waals surface area (Å²) >= 11 is 6.36. The minimum Gasteiger partial charge on any atom is -0.380 e. The maximum absolute atomic E-state index is 12.3. The van der Waals surface area contributed by atoms with Crippen LogP contribution >= 0.6 is 11.6 Å². The number of fused-ring (bicyclic) bond motifs is 1. The largest absolute Gasteiger partial charge is 0.380 e. The van der Waals surface area contributed by atoms with Gasteiger partial charge in [-0.05, 0) is 55.4 Å². The van der Waals surface area contributed by atoms with Gasteiger partial charge in [-0.25, -0.2) is 4.79 Å². The summed E-state index contributed by atoms with van der Waals surface area (Å²) in [6.45, 7) is 3.13. The number of benzene rings is 2. The SMILES string of the molecule is CN(C)CCOCCc1ccc(NC(=O)NCc2ccc3c(c2)CN(C)C3=O)cc1Cl. The molecule has 0 spiro atoms. The number of carbonyl (C=O) groups excluding carboxylic acids is 2. The Morgan fingerprint density at radius 1 is 1.19 bits per heavy atom. The van der Waals surface area contributed by atoms with Crippen molar-refractivity contribution in [3.8, 4) is 0 Å². The smallest absolute Gasteiger partial charge is 0.319 e. The van der Waals surface area contributed by atoms with E-state index in [1.54, 1.807) is 18.0 Å². The topological polar surface area (TPSA) is 73.9 Å². The van der Waals surface area contributed by atoms with Gasteiger partial charge in [0.2, 0.25) is 0 Å². The molecule has 3 rings (SSSR count). The van der Waals surface area contributed by atoms with E-state index in [0.717, 1.165) is 35.2 Å². The van der Waals surface area contributed by atoms with E-state index in [2.05, 4.69) is 15.5 Å². The van der Waals surface area contributed by atoms with Crippen LogP contribution in [0.25, 0.3) is 0 Å². The Bertz CT molecular complexity index is 948. The predicted octanol–water partition coefficient (Wildman–Crippen LogP) is 3.37. The van der Waals surface area contributed by atoms with E-state index < -0.39 is 0 Å². The zero-order valence-electron chi connectivity index (χ0n) is 18.2. The molecule has 1 heterocycles. The summed E-state index contributed by atoms with van der Waals surface area (Å²) in [5.41, 5.74) is 4.27. The molecular formula is C23H29ClN4O3. The van der Waals surface area contributed by atoms with Crippen molar-refractivity contribution in [3.63, 3.8) is 0 Å². The molecule has 0 atom stereocenters. The molecule has 0 unspecified atom stereocenters. The molecule has 7 nitrogen and oxygen atoms in total. The molecule has 0 saturated heterocycles. The van der Waals surface area contributed by atoms with Gasteiger partial charge in [0.25, 0.3) is 5.91 Å². The highest BCUT2D eigenvalue weighted by Crippen LogP contribution is 2.23. The Morgan fingerprint density at radius 3 is 2.74 bits per heavy atom. The Morgan fingerprint density at radius 2 is 2.00 bits per heavy atom. The van der Waals surface area contributed by atoms with Gasteiger partial charge in [-0.2, -0.15) is 0 Å². The number of likely N-dealkylation sites (N-methyl/N-ethyl adjacent to an activating group) is 1. The van der Waals surface area contributed by atoms with Gasteiger partial charge in [0.05, 0.1) is 13.2 Å². The van der Waals surface area contributed by atoms with Gasteiger partial charge >= 0.3 is 6.03 Å². The van der Waals surface area contributed by atoms with E-state index in [0.29, 0.717) is 37.0 Å². The van der Waals surface area contributed by atoms with Crippen molar-refractivity contribution < 1.29 is 14.3 Å². The van der Waals surface area contributed by atoms with Crippen LogP contribution in [0.4, 0.5) is 10.5 Å². The van der Waals surface area contributed by atoms with Crippen LogP contribution in [-0.2, 0) is 24.2 Å². The normalized spacial score (nSPS) is 12.9. The summed E-state index contributed by atoms with van der Waals surface area (Å²) in [4.78, 5) is 28.0. The van der Waals surface area contributed by atoms with Crippen LogP contribution in [0.5, 0.6) is 0 Å². The van der Waals surface area contributed by atoms with E-state index >= 15 is 0 Å². The van der Waals surface area contributed by atoms with Gasteiger partial charge in [-0.15, -0.1) is 0 Å². The molecule has 0 aromatic heterocycles. The van der Waals surface area contributed by atoms with Crippen LogP contribution in [0.3, 0.4) is 0 Å². The Balaban J connectivity index is 1.46. The van der Waals surface area contributed by atoms with Crippen LogP contribution in [0.2, 0.25) is 5.02 Å². The zero-order chi connectivity index (χ0) is 22.4. The molecule has 1 aliphatic heterocycles. The van der Waals surface area contributed by atoms with Crippen molar-refractivity contribution in [2.45, 2.75) is 19.5 Å². The molecule has 2 N–H and O–H groups in total. The molecule has 3 amide bonds. The fraction of sp³-hybridized carbons (Fsp3) is 0.391. The second-order valence-corrected chi connectivity index (χ2v) is 8.34. The number of hydrogen-bond acceptors (Lipinski definition) is 4. The molecule has 166 valence electrons. The molecule has 0 radical (unpaired) electrons. The van der Waals surface area contributed by atoms with Gasteiger partial charge in [-0.1, -0.05) is 29.8 Å². The second-order valence-electron chi connectivity index (χ2n) is 7.93. The van der Waals surface area contributed by atoms with Gasteiger partial charge < -0.3 is 25.2 Å². The highest BCUT2D eigenvalue weighted by molar-refractivity contribution is 6.31. The van der Waals surface area contributed by atoms with Gasteiger partial charge in [0.1, 0.15) is 0 Å². The lowest BCUT2D eigenvalue weighted by molar-refractivity contribution is 0.0816. The van der Waals surface area contributed by atoms with Crippen LogP contribution in [0.1, 0.15) is 27.0 Å². The average molecular weight is 445 g/mol. The Labute approximate surface area is 188 Å². The molecule has 2 aromatic carbocycles. The third kappa shape index (κ3) is 6.43. The Hall–Kier alpha value is -2.61. The van der Waals surface area contributed by atoms with Gasteiger partial charge in [-0.3, -0.25) is 4.79 Å². The van der Waals surface area contributed by atoms with E-state index in [1.165, 1.54) is 0 Å². The summed E-state index contributed by atoms with van der Waals surface area (Å²) in [6.07, 6.45) is 0.717. The first-order valence-electron chi connectivity index (χ1n) is 10.3. The number of nitrogens with one attached hydrogen (secondary N) is 2. The molecule has 2 aromatic rings. The number of anilines is 1. The first kappa shape index (κ1) is 23.1. The quantitative estimate of drug-likeness (QED) is 0.581. The van der Waals surface area contributed by atoms with E-state index in [9.17, 15) is 9.59 Å². The minimum atomic E-state index is -0.315. The standard InChI is InChI=1S/C23H29ClN4O3/c1-27(2)9-11-31-10-8-17-5-6-19(13-21(17)24)26-23(30)25-14-16-4-7-20-18(12-16)15-28(3)22(20)29/h4-7,12-13H,8-11,14-15H2,1-3H3,(H2,25,26,30). The molecule has 0 fully saturated rings. The first-order valence-corrected chi connectivity index (χ1v) is 10.6. The van der Waals surface area contributed by atoms with Crippen molar-refractivity contribution in [3.05, 3.63) is 63.7 Å². The number of halogens is 1. The lowest BCUT2D eigenvalue weighted by Crippen LogP contribution is -2.28. The van der Waals surface area contributed by atoms with Crippen molar-refractivity contribution in [1.82, 2.24) is 15.1 Å². The van der Waals surface area contributed by atoms with Crippen LogP contribution in [0.15, 0.2) is 36.4 Å². The summed E-state index contributed by atoms with van der Waals surface area (Å²) in [5, 5.41) is 6.24. The zero-order valence-corrected chi connectivity index (χ0v) is 19.0. The second kappa shape index (κ2) is 10.6. The number of carbonyl (C=O) groups is 2. The minimum absolute atomic E-state index is 0.0349. The van der Waals surface area contributed by atoms with Crippen molar-refractivity contribution >= 4 is 29.2 Å². The first-order chi connectivity index (χ1) is 14.8. The molecule has 0 saturated carbocycles. The molecule has 0 aliphatic carbocycles. The summed E-state index contributed by atoms with van der Waals surface area (Å²) in [6, 6.07) is 10.8. The molecular weight excluding hydrogens is 416 g/mol. The average Bonchev–Trinajstić information content (AvgIpc) is 3.00. The molecule has 8 heteroatoms. The third-order valence-corrected chi connectivity index (χ3v) is 5.47. The van der Waals surface area contributed by atoms with E-state index in [4.69, 9.17) is 16.3 Å². The van der Waals surface area contributed by atoms with Crippen LogP contribution in [-0.4, -0.2) is 62.6 Å². The molecule has 31 heavy (non-hydrogen) atoms. The number of rotatable bonds is 9. The van der Waals surface area contributed by atoms with E-state index in [-0.39, 0.29) is 11.9 Å². The maximum atomic E-state index is 12.3. The highest BCUT2D eigenvalue weighted by Gasteiger charge is 2.24. The fourth-order valence-electron chi connectivity index (χ4n) is 3.35. The summed E-state index contributed by atoms with van der Waals surface area (Å²) in [5.74, 6) is 0.0349. The predicted molar refractivity (Wildman–Crippen MR) is 123 cm³/mol. The van der Waals surface area contributed by atoms with Crippen molar-refractivity contribution in [2.75, 3.05) is 46.2 Å². The number of urea groups is 1. The molecule has 1 aliphatic rings. The monoisotopic (exact) mass is 444 g/mol. The number of nitrogens with zero attached hydrogens (tertiary/aromatic N) is 2. The lowest BCUT2D eigenvalue weighted by Gasteiger charge is -2.12. The number of amides is 3. The van der Waals surface area contributed by atoms with Gasteiger partial charge in [0, 0.05) is 43.0 Å². The van der Waals surface area contributed by atoms with Crippen LogP contribution in [0, 0.1) is 0 Å². The van der Waals surface area contributed by atoms with Crippen LogP contribution < -0.4 is 10.6 Å². The highest BCUT2D eigenvalue weighted by atomic mass is 35.5. The van der Waals surface area contributed by atoms with Crippen molar-refractivity contribution in [1.29, 1.82) is 0 Å². The number of hydrogen-bond donors (Lipinski definition) is 2. The van der Waals surface area contributed by atoms with E-state index in [1.807, 2.05) is 44.4 Å². The van der Waals surface area contributed by atoms with Crippen molar-refractivity contribution in [2.24, 2.45) is 0 Å². The fourth-order valence-corrected chi connectivity index (χ4v) is 3.62. The number of ether oxygens (including phenoxy) is 1. The third-order valence-electron chi connectivity index (χ3n) is 5.12. The Kier molecular flexibility index (Phi) is 7.90. The summed E-state index contributed by atoms with van der Waals surface area (Å²) < 4.78 is 5.61.